The first-order valence-corrected chi connectivity index (χ1v) is 6.52. The zero-order valence-corrected chi connectivity index (χ0v) is 10.7. The number of aromatic nitrogens is 2. The van der Waals surface area contributed by atoms with Gasteiger partial charge in [-0.15, -0.1) is 6.58 Å². The molecule has 1 atom stereocenters. The van der Waals surface area contributed by atoms with Crippen LogP contribution in [0.5, 0.6) is 0 Å². The third kappa shape index (κ3) is 4.00. The molecule has 0 spiro atoms. The van der Waals surface area contributed by atoms with Crippen LogP contribution in [0.25, 0.3) is 0 Å². The SMILES string of the molecule is C=CCNc1cc(NCC2CCCCN2)ncn1. The highest BCUT2D eigenvalue weighted by atomic mass is 15.1. The van der Waals surface area contributed by atoms with E-state index in [-0.39, 0.29) is 0 Å². The van der Waals surface area contributed by atoms with E-state index in [4.69, 9.17) is 0 Å². The fourth-order valence-corrected chi connectivity index (χ4v) is 2.05. The van der Waals surface area contributed by atoms with Crippen molar-refractivity contribution in [3.63, 3.8) is 0 Å². The summed E-state index contributed by atoms with van der Waals surface area (Å²) in [4.78, 5) is 8.36. The van der Waals surface area contributed by atoms with Crippen molar-refractivity contribution in [2.24, 2.45) is 0 Å². The molecule has 3 N–H and O–H groups in total. The van der Waals surface area contributed by atoms with Crippen LogP contribution in [-0.2, 0) is 0 Å². The molecule has 1 aromatic heterocycles. The first-order chi connectivity index (χ1) is 8.88. The smallest absolute Gasteiger partial charge is 0.131 e. The Morgan fingerprint density at radius 1 is 1.33 bits per heavy atom. The Morgan fingerprint density at radius 3 is 2.89 bits per heavy atom. The van der Waals surface area contributed by atoms with Gasteiger partial charge in [0.15, 0.2) is 0 Å². The molecule has 2 heterocycles. The van der Waals surface area contributed by atoms with Gasteiger partial charge in [-0.2, -0.15) is 0 Å². The van der Waals surface area contributed by atoms with Crippen molar-refractivity contribution in [2.45, 2.75) is 25.3 Å². The van der Waals surface area contributed by atoms with Crippen LogP contribution >= 0.6 is 0 Å². The molecule has 18 heavy (non-hydrogen) atoms. The molecular formula is C13H21N5. The minimum absolute atomic E-state index is 0.554. The molecule has 5 nitrogen and oxygen atoms in total. The standard InChI is InChI=1S/C13H21N5/c1-2-6-15-12-8-13(18-10-17-12)16-9-11-5-3-4-7-14-11/h2,8,10-11,14H,1,3-7,9H2,(H2,15,16,17,18). The zero-order valence-electron chi connectivity index (χ0n) is 10.7. The van der Waals surface area contributed by atoms with E-state index in [1.807, 2.05) is 6.07 Å². The van der Waals surface area contributed by atoms with E-state index in [0.29, 0.717) is 12.6 Å². The Balaban J connectivity index is 1.82. The minimum atomic E-state index is 0.554. The van der Waals surface area contributed by atoms with Crippen molar-refractivity contribution in [1.29, 1.82) is 0 Å². The lowest BCUT2D eigenvalue weighted by Gasteiger charge is -2.23. The van der Waals surface area contributed by atoms with Gasteiger partial charge in [-0.1, -0.05) is 12.5 Å². The maximum atomic E-state index is 4.22. The summed E-state index contributed by atoms with van der Waals surface area (Å²) in [5, 5.41) is 10.0. The first kappa shape index (κ1) is 12.8. The summed E-state index contributed by atoms with van der Waals surface area (Å²) in [5.41, 5.74) is 0. The number of nitrogens with one attached hydrogen (secondary N) is 3. The lowest BCUT2D eigenvalue weighted by molar-refractivity contribution is 0.414. The fraction of sp³-hybridized carbons (Fsp3) is 0.538. The van der Waals surface area contributed by atoms with E-state index in [9.17, 15) is 0 Å². The van der Waals surface area contributed by atoms with Gasteiger partial charge in [0.2, 0.25) is 0 Å². The van der Waals surface area contributed by atoms with Crippen molar-refractivity contribution in [1.82, 2.24) is 15.3 Å². The van der Waals surface area contributed by atoms with Crippen molar-refractivity contribution in [2.75, 3.05) is 30.3 Å². The van der Waals surface area contributed by atoms with Crippen LogP contribution < -0.4 is 16.0 Å². The van der Waals surface area contributed by atoms with Gasteiger partial charge in [-0.3, -0.25) is 0 Å². The highest BCUT2D eigenvalue weighted by Crippen LogP contribution is 2.11. The predicted octanol–water partition coefficient (Wildman–Crippen LogP) is 1.63. The Kier molecular flexibility index (Phi) is 4.96. The average Bonchev–Trinajstić information content (AvgIpc) is 2.44. The lowest BCUT2D eigenvalue weighted by Crippen LogP contribution is -2.39. The Labute approximate surface area is 108 Å². The van der Waals surface area contributed by atoms with Gasteiger partial charge in [0.05, 0.1) is 0 Å². The number of nitrogens with zero attached hydrogens (tertiary/aromatic N) is 2. The van der Waals surface area contributed by atoms with Crippen LogP contribution in [0.1, 0.15) is 19.3 Å². The van der Waals surface area contributed by atoms with Crippen molar-refractivity contribution in [3.05, 3.63) is 25.0 Å². The summed E-state index contributed by atoms with van der Waals surface area (Å²) in [6.07, 6.45) is 7.22. The quantitative estimate of drug-likeness (QED) is 0.667. The lowest BCUT2D eigenvalue weighted by atomic mass is 10.1. The summed E-state index contributed by atoms with van der Waals surface area (Å²) in [7, 11) is 0. The topological polar surface area (TPSA) is 61.9 Å². The van der Waals surface area contributed by atoms with Crippen molar-refractivity contribution < 1.29 is 0 Å². The third-order valence-corrected chi connectivity index (χ3v) is 3.04. The van der Waals surface area contributed by atoms with Gasteiger partial charge >= 0.3 is 0 Å². The molecule has 1 fully saturated rings. The normalized spacial score (nSPS) is 19.2. The van der Waals surface area contributed by atoms with Gasteiger partial charge in [-0.25, -0.2) is 9.97 Å². The van der Waals surface area contributed by atoms with E-state index in [1.165, 1.54) is 19.3 Å². The molecule has 0 radical (unpaired) electrons. The molecule has 0 aromatic carbocycles. The van der Waals surface area contributed by atoms with Gasteiger partial charge in [0.25, 0.3) is 0 Å². The highest BCUT2D eigenvalue weighted by Gasteiger charge is 2.11. The number of hydrogen-bond acceptors (Lipinski definition) is 5. The molecule has 0 aliphatic carbocycles. The van der Waals surface area contributed by atoms with Crippen LogP contribution in [0.2, 0.25) is 0 Å². The molecule has 2 rings (SSSR count). The maximum Gasteiger partial charge on any atom is 0.131 e. The van der Waals surface area contributed by atoms with E-state index < -0.39 is 0 Å². The molecule has 1 aliphatic rings. The molecule has 1 aliphatic heterocycles. The van der Waals surface area contributed by atoms with Crippen molar-refractivity contribution >= 4 is 11.6 Å². The Hall–Kier alpha value is -1.62. The fourth-order valence-electron chi connectivity index (χ4n) is 2.05. The third-order valence-electron chi connectivity index (χ3n) is 3.04. The molecule has 1 aromatic rings. The number of anilines is 2. The second-order valence-corrected chi connectivity index (χ2v) is 4.49. The van der Waals surface area contributed by atoms with Crippen LogP contribution in [0, 0.1) is 0 Å². The summed E-state index contributed by atoms with van der Waals surface area (Å²) in [5.74, 6) is 1.69. The molecule has 1 saturated heterocycles. The van der Waals surface area contributed by atoms with Crippen LogP contribution in [-0.4, -0.2) is 35.6 Å². The summed E-state index contributed by atoms with van der Waals surface area (Å²) in [6.45, 7) is 6.42. The van der Waals surface area contributed by atoms with E-state index in [0.717, 1.165) is 24.7 Å². The molecule has 0 amide bonds. The average molecular weight is 247 g/mol. The first-order valence-electron chi connectivity index (χ1n) is 6.52. The number of rotatable bonds is 6. The maximum absolute atomic E-state index is 4.22. The molecule has 0 bridgehead atoms. The number of hydrogen-bond donors (Lipinski definition) is 3. The molecule has 1 unspecified atom stereocenters. The second-order valence-electron chi connectivity index (χ2n) is 4.49. The molecule has 98 valence electrons. The molecular weight excluding hydrogens is 226 g/mol. The van der Waals surface area contributed by atoms with Crippen LogP contribution in [0.4, 0.5) is 11.6 Å². The largest absolute Gasteiger partial charge is 0.368 e. The minimum Gasteiger partial charge on any atom is -0.368 e. The highest BCUT2D eigenvalue weighted by molar-refractivity contribution is 5.46. The van der Waals surface area contributed by atoms with Gasteiger partial charge in [0.1, 0.15) is 18.0 Å². The predicted molar refractivity (Wildman–Crippen MR) is 74.9 cm³/mol. The monoisotopic (exact) mass is 247 g/mol. The van der Waals surface area contributed by atoms with Gasteiger partial charge in [0, 0.05) is 25.2 Å². The zero-order chi connectivity index (χ0) is 12.6. The van der Waals surface area contributed by atoms with Crippen LogP contribution in [0.3, 0.4) is 0 Å². The van der Waals surface area contributed by atoms with E-state index in [1.54, 1.807) is 12.4 Å². The summed E-state index contributed by atoms with van der Waals surface area (Å²) in [6, 6.07) is 2.48. The van der Waals surface area contributed by atoms with Crippen molar-refractivity contribution in [3.8, 4) is 0 Å². The number of piperidine rings is 1. The Morgan fingerprint density at radius 2 is 2.17 bits per heavy atom. The Bertz CT molecular complexity index is 373. The molecule has 0 saturated carbocycles. The van der Waals surface area contributed by atoms with E-state index >= 15 is 0 Å². The van der Waals surface area contributed by atoms with E-state index in [2.05, 4.69) is 32.5 Å². The van der Waals surface area contributed by atoms with Gasteiger partial charge in [-0.05, 0) is 19.4 Å². The van der Waals surface area contributed by atoms with Gasteiger partial charge < -0.3 is 16.0 Å². The van der Waals surface area contributed by atoms with Crippen LogP contribution in [0.15, 0.2) is 25.0 Å². The summed E-state index contributed by atoms with van der Waals surface area (Å²) >= 11 is 0. The molecule has 5 heteroatoms. The summed E-state index contributed by atoms with van der Waals surface area (Å²) < 4.78 is 0. The second kappa shape index (κ2) is 6.96.